The zero-order valence-corrected chi connectivity index (χ0v) is 12.4. The van der Waals surface area contributed by atoms with E-state index < -0.39 is 0 Å². The van der Waals surface area contributed by atoms with Crippen LogP contribution in [0.15, 0.2) is 18.2 Å². The van der Waals surface area contributed by atoms with E-state index in [1.807, 2.05) is 25.1 Å². The molecule has 1 aliphatic heterocycles. The Labute approximate surface area is 120 Å². The van der Waals surface area contributed by atoms with Crippen molar-refractivity contribution in [3.05, 3.63) is 23.8 Å². The molecule has 0 spiro atoms. The lowest BCUT2D eigenvalue weighted by atomic mass is 10.1. The van der Waals surface area contributed by atoms with Gasteiger partial charge in [-0.25, -0.2) is 4.79 Å². The maximum absolute atomic E-state index is 12.1. The van der Waals surface area contributed by atoms with Crippen LogP contribution in [0.1, 0.15) is 23.2 Å². The molecule has 0 amide bonds. The van der Waals surface area contributed by atoms with E-state index in [2.05, 4.69) is 11.9 Å². The molecule has 2 rings (SSSR count). The van der Waals surface area contributed by atoms with Crippen molar-refractivity contribution in [1.29, 1.82) is 0 Å². The maximum atomic E-state index is 12.1. The molecular formula is C15H23N3O2. The van der Waals surface area contributed by atoms with Gasteiger partial charge in [-0.15, -0.1) is 0 Å². The van der Waals surface area contributed by atoms with Crippen LogP contribution in [0.5, 0.6) is 0 Å². The fourth-order valence-electron chi connectivity index (χ4n) is 2.41. The summed E-state index contributed by atoms with van der Waals surface area (Å²) in [7, 11) is 5.92. The van der Waals surface area contributed by atoms with Gasteiger partial charge in [-0.2, -0.15) is 0 Å². The zero-order valence-electron chi connectivity index (χ0n) is 12.4. The number of nitrogens with two attached hydrogens (primary N) is 1. The third kappa shape index (κ3) is 3.42. The van der Waals surface area contributed by atoms with Gasteiger partial charge in [0.1, 0.15) is 6.10 Å². The second-order valence-corrected chi connectivity index (χ2v) is 5.58. The second kappa shape index (κ2) is 6.13. The highest BCUT2D eigenvalue weighted by Crippen LogP contribution is 2.23. The Bertz CT molecular complexity index is 480. The van der Waals surface area contributed by atoms with E-state index in [1.54, 1.807) is 12.1 Å². The normalized spacial score (nSPS) is 16.9. The van der Waals surface area contributed by atoms with Gasteiger partial charge in [-0.3, -0.25) is 0 Å². The average Bonchev–Trinajstić information content (AvgIpc) is 2.40. The molecule has 5 nitrogen and oxygen atoms in total. The summed E-state index contributed by atoms with van der Waals surface area (Å²) in [5, 5.41) is 0. The van der Waals surface area contributed by atoms with Crippen molar-refractivity contribution >= 4 is 17.3 Å². The topological polar surface area (TPSA) is 58.8 Å². The molecule has 20 heavy (non-hydrogen) atoms. The highest BCUT2D eigenvalue weighted by atomic mass is 16.5. The molecule has 1 saturated heterocycles. The number of hydrogen-bond acceptors (Lipinski definition) is 5. The van der Waals surface area contributed by atoms with Crippen LogP contribution in [0.4, 0.5) is 11.4 Å². The predicted octanol–water partition coefficient (Wildman–Crippen LogP) is 1.59. The molecule has 0 radical (unpaired) electrons. The third-order valence-corrected chi connectivity index (χ3v) is 3.68. The van der Waals surface area contributed by atoms with Crippen molar-refractivity contribution in [2.24, 2.45) is 0 Å². The number of esters is 1. The van der Waals surface area contributed by atoms with E-state index in [1.165, 1.54) is 0 Å². The van der Waals surface area contributed by atoms with Crippen LogP contribution in [0, 0.1) is 0 Å². The lowest BCUT2D eigenvalue weighted by molar-refractivity contribution is 0.0139. The number of ether oxygens (including phenoxy) is 1. The van der Waals surface area contributed by atoms with E-state index >= 15 is 0 Å². The first-order valence-electron chi connectivity index (χ1n) is 6.93. The molecule has 0 bridgehead atoms. The van der Waals surface area contributed by atoms with E-state index in [0.29, 0.717) is 11.3 Å². The molecule has 1 heterocycles. The van der Waals surface area contributed by atoms with Crippen molar-refractivity contribution in [3.8, 4) is 0 Å². The minimum atomic E-state index is -0.281. The summed E-state index contributed by atoms with van der Waals surface area (Å²) in [6.07, 6.45) is 1.81. The number of rotatable bonds is 3. The molecule has 0 saturated carbocycles. The van der Waals surface area contributed by atoms with Crippen LogP contribution >= 0.6 is 0 Å². The first-order valence-corrected chi connectivity index (χ1v) is 6.93. The largest absolute Gasteiger partial charge is 0.459 e. The Morgan fingerprint density at radius 1 is 1.35 bits per heavy atom. The summed E-state index contributed by atoms with van der Waals surface area (Å²) >= 11 is 0. The van der Waals surface area contributed by atoms with Crippen LogP contribution < -0.4 is 10.6 Å². The zero-order chi connectivity index (χ0) is 14.7. The molecule has 1 aromatic carbocycles. The Morgan fingerprint density at radius 2 is 2.00 bits per heavy atom. The number of carbonyl (C=O) groups excluding carboxylic acids is 1. The predicted molar refractivity (Wildman–Crippen MR) is 81.1 cm³/mol. The number of hydrogen-bond donors (Lipinski definition) is 1. The number of likely N-dealkylation sites (tertiary alicyclic amines) is 1. The summed E-state index contributed by atoms with van der Waals surface area (Å²) < 4.78 is 5.55. The average molecular weight is 277 g/mol. The Kier molecular flexibility index (Phi) is 4.49. The van der Waals surface area contributed by atoms with Gasteiger partial charge >= 0.3 is 5.97 Å². The highest BCUT2D eigenvalue weighted by Gasteiger charge is 2.21. The van der Waals surface area contributed by atoms with Gasteiger partial charge in [-0.05, 0) is 38.1 Å². The number of carbonyl (C=O) groups is 1. The summed E-state index contributed by atoms with van der Waals surface area (Å²) in [6, 6.07) is 5.30. The Balaban J connectivity index is 2.01. The Hall–Kier alpha value is -1.75. The molecule has 5 heteroatoms. The fourth-order valence-corrected chi connectivity index (χ4v) is 2.41. The smallest absolute Gasteiger partial charge is 0.338 e. The molecule has 2 N–H and O–H groups in total. The van der Waals surface area contributed by atoms with Gasteiger partial charge in [-0.1, -0.05) is 0 Å². The third-order valence-electron chi connectivity index (χ3n) is 3.68. The summed E-state index contributed by atoms with van der Waals surface area (Å²) in [6.45, 7) is 1.94. The summed E-state index contributed by atoms with van der Waals surface area (Å²) in [5.74, 6) is -0.281. The quantitative estimate of drug-likeness (QED) is 0.671. The van der Waals surface area contributed by atoms with Crippen molar-refractivity contribution in [1.82, 2.24) is 4.90 Å². The molecular weight excluding hydrogens is 254 g/mol. The van der Waals surface area contributed by atoms with Gasteiger partial charge < -0.3 is 20.3 Å². The van der Waals surface area contributed by atoms with E-state index in [-0.39, 0.29) is 12.1 Å². The first kappa shape index (κ1) is 14.7. The SMILES string of the molecule is CN1CCC(OC(=O)c2ccc(N(C)C)c(N)c2)CC1. The molecule has 0 aromatic heterocycles. The standard InChI is InChI=1S/C15H23N3O2/c1-17(2)14-5-4-11(10-13(14)16)15(19)20-12-6-8-18(3)9-7-12/h4-5,10,12H,6-9,16H2,1-3H3. The van der Waals surface area contributed by atoms with Crippen molar-refractivity contribution in [2.45, 2.75) is 18.9 Å². The molecule has 1 aromatic rings. The minimum absolute atomic E-state index is 0.0217. The van der Waals surface area contributed by atoms with Gasteiger partial charge in [0.15, 0.2) is 0 Å². The van der Waals surface area contributed by atoms with Crippen molar-refractivity contribution < 1.29 is 9.53 Å². The summed E-state index contributed by atoms with van der Waals surface area (Å²) in [4.78, 5) is 16.3. The molecule has 110 valence electrons. The Morgan fingerprint density at radius 3 is 2.55 bits per heavy atom. The van der Waals surface area contributed by atoms with E-state index in [4.69, 9.17) is 10.5 Å². The van der Waals surface area contributed by atoms with E-state index in [9.17, 15) is 4.79 Å². The second-order valence-electron chi connectivity index (χ2n) is 5.58. The van der Waals surface area contributed by atoms with Gasteiger partial charge in [0.2, 0.25) is 0 Å². The fraction of sp³-hybridized carbons (Fsp3) is 0.533. The lowest BCUT2D eigenvalue weighted by Gasteiger charge is -2.28. The molecule has 0 atom stereocenters. The highest BCUT2D eigenvalue weighted by molar-refractivity contribution is 5.92. The number of piperidine rings is 1. The first-order chi connectivity index (χ1) is 9.47. The summed E-state index contributed by atoms with van der Waals surface area (Å²) in [5.41, 5.74) is 7.97. The minimum Gasteiger partial charge on any atom is -0.459 e. The van der Waals surface area contributed by atoms with E-state index in [0.717, 1.165) is 31.6 Å². The molecule has 1 aliphatic rings. The number of nitrogens with zero attached hydrogens (tertiary/aromatic N) is 2. The molecule has 1 fully saturated rings. The van der Waals surface area contributed by atoms with Gasteiger partial charge in [0.25, 0.3) is 0 Å². The van der Waals surface area contributed by atoms with Crippen LogP contribution in [0.3, 0.4) is 0 Å². The molecule has 0 aliphatic carbocycles. The van der Waals surface area contributed by atoms with Gasteiger partial charge in [0, 0.05) is 27.2 Å². The van der Waals surface area contributed by atoms with Crippen molar-refractivity contribution in [3.63, 3.8) is 0 Å². The lowest BCUT2D eigenvalue weighted by Crippen LogP contribution is -2.35. The maximum Gasteiger partial charge on any atom is 0.338 e. The number of benzene rings is 1. The van der Waals surface area contributed by atoms with Crippen LogP contribution in [0.25, 0.3) is 0 Å². The van der Waals surface area contributed by atoms with Gasteiger partial charge in [0.05, 0.1) is 16.9 Å². The van der Waals surface area contributed by atoms with Crippen LogP contribution in [0.2, 0.25) is 0 Å². The number of nitrogen functional groups attached to an aromatic ring is 1. The molecule has 0 unspecified atom stereocenters. The van der Waals surface area contributed by atoms with Crippen LogP contribution in [-0.2, 0) is 4.74 Å². The monoisotopic (exact) mass is 277 g/mol. The van der Waals surface area contributed by atoms with Crippen LogP contribution in [-0.4, -0.2) is 51.2 Å². The van der Waals surface area contributed by atoms with Crippen molar-refractivity contribution in [2.75, 3.05) is 44.9 Å². The number of anilines is 2.